The molecule has 0 unspecified atom stereocenters. The van der Waals surface area contributed by atoms with Crippen LogP contribution in [0.3, 0.4) is 0 Å². The summed E-state index contributed by atoms with van der Waals surface area (Å²) < 4.78 is 0. The van der Waals surface area contributed by atoms with E-state index < -0.39 is 11.9 Å². The van der Waals surface area contributed by atoms with Gasteiger partial charge in [-0.15, -0.1) is 0 Å². The zero-order valence-electron chi connectivity index (χ0n) is 22.0. The van der Waals surface area contributed by atoms with Gasteiger partial charge in [0, 0.05) is 23.1 Å². The average Bonchev–Trinajstić information content (AvgIpc) is 2.90. The van der Waals surface area contributed by atoms with Gasteiger partial charge in [0.05, 0.1) is 22.8 Å². The molecule has 1 heterocycles. The van der Waals surface area contributed by atoms with Crippen LogP contribution >= 0.6 is 0 Å². The van der Waals surface area contributed by atoms with E-state index in [-0.39, 0.29) is 31.3 Å². The number of nitrogens with zero attached hydrogens (tertiary/aromatic N) is 3. The van der Waals surface area contributed by atoms with Crippen molar-refractivity contribution in [2.45, 2.75) is 27.7 Å². The maximum Gasteiger partial charge on any atom is 2.00 e. The van der Waals surface area contributed by atoms with Crippen molar-refractivity contribution in [2.24, 2.45) is 10.2 Å². The quantitative estimate of drug-likeness (QED) is 0.246. The van der Waals surface area contributed by atoms with E-state index in [0.29, 0.717) is 33.9 Å². The van der Waals surface area contributed by atoms with E-state index in [1.54, 1.807) is 74.5 Å². The van der Waals surface area contributed by atoms with Crippen LogP contribution in [0.5, 0.6) is 0 Å². The van der Waals surface area contributed by atoms with Gasteiger partial charge in [-0.2, -0.15) is 10.2 Å². The number of aliphatic carboxylic acids is 2. The standard InChI is InChI=1S/C23H21N5O2.2C2H4O2.Zn/c1-16(25-27-22(29)18-10-5-3-6-11-18)20-14-9-15-21(24-20)17(2)26-28-23(30)19-12-7-4-8-13-19;2*1-2(3)4;/h3-15H,1-2H3,(H,27,29)(H,28,30);2*1H3,(H,3,4);/q;;;+2/p-2/b25-16+,26-17+;;;. The third kappa shape index (κ3) is 14.7. The molecule has 0 saturated carbocycles. The molecule has 3 rings (SSSR count). The molecule has 0 aliphatic heterocycles. The summed E-state index contributed by atoms with van der Waals surface area (Å²) in [5.74, 6) is -2.76. The minimum atomic E-state index is -1.08. The topological polar surface area (TPSA) is 176 Å². The molecule has 2 aromatic carbocycles. The summed E-state index contributed by atoms with van der Waals surface area (Å²) in [5.41, 5.74) is 8.36. The normalized spacial score (nSPS) is 10.3. The fourth-order valence-corrected chi connectivity index (χ4v) is 2.53. The van der Waals surface area contributed by atoms with E-state index in [1.165, 1.54) is 0 Å². The van der Waals surface area contributed by atoms with Crippen LogP contribution in [0, 0.1) is 0 Å². The van der Waals surface area contributed by atoms with Crippen molar-refractivity contribution in [3.05, 3.63) is 101 Å². The second kappa shape index (κ2) is 18.6. The second-order valence-corrected chi connectivity index (χ2v) is 7.40. The van der Waals surface area contributed by atoms with E-state index in [0.717, 1.165) is 13.8 Å². The Morgan fingerprint density at radius 3 is 1.21 bits per heavy atom. The first-order chi connectivity index (χ1) is 18.0. The summed E-state index contributed by atoms with van der Waals surface area (Å²) in [7, 11) is 0. The maximum atomic E-state index is 12.1. The Balaban J connectivity index is 0.00000142. The zero-order chi connectivity index (χ0) is 28.5. The number of hydrogen-bond donors (Lipinski definition) is 2. The Labute approximate surface area is 238 Å². The number of carboxylic acid groups (broad SMARTS) is 2. The smallest absolute Gasteiger partial charge is 0.550 e. The number of aromatic nitrogens is 1. The van der Waals surface area contributed by atoms with Crippen molar-refractivity contribution >= 4 is 35.2 Å². The van der Waals surface area contributed by atoms with Crippen molar-refractivity contribution in [1.82, 2.24) is 15.8 Å². The summed E-state index contributed by atoms with van der Waals surface area (Å²) in [6, 6.07) is 23.1. The van der Waals surface area contributed by atoms with E-state index in [1.807, 2.05) is 18.2 Å². The number of carbonyl (C=O) groups excluding carboxylic acids is 4. The summed E-state index contributed by atoms with van der Waals surface area (Å²) in [6.07, 6.45) is 0. The van der Waals surface area contributed by atoms with Crippen LogP contribution in [0.2, 0.25) is 0 Å². The number of hydrogen-bond acceptors (Lipinski definition) is 9. The van der Waals surface area contributed by atoms with Gasteiger partial charge in [-0.1, -0.05) is 42.5 Å². The van der Waals surface area contributed by atoms with Gasteiger partial charge in [-0.05, 0) is 64.1 Å². The molecule has 0 atom stereocenters. The van der Waals surface area contributed by atoms with Crippen LogP contribution < -0.4 is 21.1 Å². The Morgan fingerprint density at radius 1 is 0.590 bits per heavy atom. The first-order valence-corrected chi connectivity index (χ1v) is 11.1. The van der Waals surface area contributed by atoms with Crippen molar-refractivity contribution in [3.8, 4) is 0 Å². The number of pyridine rings is 1. The Kier molecular flexibility index (Phi) is 16.5. The largest absolute Gasteiger partial charge is 2.00 e. The molecule has 0 fully saturated rings. The van der Waals surface area contributed by atoms with Crippen LogP contribution in [-0.4, -0.2) is 40.2 Å². The van der Waals surface area contributed by atoms with Crippen molar-refractivity contribution in [2.75, 3.05) is 0 Å². The van der Waals surface area contributed by atoms with Crippen molar-refractivity contribution < 1.29 is 48.9 Å². The van der Waals surface area contributed by atoms with Crippen LogP contribution in [0.15, 0.2) is 89.1 Å². The molecule has 1 aromatic heterocycles. The molecule has 198 valence electrons. The van der Waals surface area contributed by atoms with E-state index in [9.17, 15) is 9.59 Å². The molecule has 0 radical (unpaired) electrons. The number of rotatable bonds is 6. The number of nitrogens with one attached hydrogen (secondary N) is 2. The number of carbonyl (C=O) groups is 4. The molecular weight excluding hydrogens is 556 g/mol. The van der Waals surface area contributed by atoms with Crippen molar-refractivity contribution in [1.29, 1.82) is 0 Å². The van der Waals surface area contributed by atoms with Gasteiger partial charge in [-0.3, -0.25) is 9.59 Å². The van der Waals surface area contributed by atoms with Crippen LogP contribution in [0.25, 0.3) is 0 Å². The molecule has 3 aromatic rings. The summed E-state index contributed by atoms with van der Waals surface area (Å²) in [4.78, 5) is 46.5. The molecule has 11 nitrogen and oxygen atoms in total. The minimum absolute atomic E-state index is 0. The third-order valence-electron chi connectivity index (χ3n) is 4.21. The molecule has 2 N–H and O–H groups in total. The number of hydrazone groups is 2. The van der Waals surface area contributed by atoms with E-state index >= 15 is 0 Å². The molecule has 2 amide bonds. The maximum absolute atomic E-state index is 12.1. The third-order valence-corrected chi connectivity index (χ3v) is 4.21. The Morgan fingerprint density at radius 2 is 0.897 bits per heavy atom. The molecule has 0 saturated heterocycles. The predicted molar refractivity (Wildman–Crippen MR) is 138 cm³/mol. The van der Waals surface area contributed by atoms with E-state index in [2.05, 4.69) is 26.0 Å². The molecule has 0 spiro atoms. The van der Waals surface area contributed by atoms with Crippen molar-refractivity contribution in [3.63, 3.8) is 0 Å². The number of benzene rings is 2. The molecule has 0 bridgehead atoms. The minimum Gasteiger partial charge on any atom is -0.550 e. The van der Waals surface area contributed by atoms with Gasteiger partial charge in [0.1, 0.15) is 0 Å². The Hall–Kier alpha value is -4.57. The van der Waals surface area contributed by atoms with Crippen LogP contribution in [0.4, 0.5) is 0 Å². The first-order valence-electron chi connectivity index (χ1n) is 11.1. The van der Waals surface area contributed by atoms with Gasteiger partial charge in [-0.25, -0.2) is 15.8 Å². The number of amides is 2. The predicted octanol–water partition coefficient (Wildman–Crippen LogP) is 0.900. The first kappa shape index (κ1) is 34.4. The van der Waals surface area contributed by atoms with Gasteiger partial charge in [0.25, 0.3) is 11.8 Å². The summed E-state index contributed by atoms with van der Waals surface area (Å²) >= 11 is 0. The molecule has 12 heteroatoms. The molecular formula is C27H27N5O6Zn. The van der Waals surface area contributed by atoms with E-state index in [4.69, 9.17) is 19.8 Å². The summed E-state index contributed by atoms with van der Waals surface area (Å²) in [6.45, 7) is 5.45. The fourth-order valence-electron chi connectivity index (χ4n) is 2.53. The monoisotopic (exact) mass is 581 g/mol. The summed E-state index contributed by atoms with van der Waals surface area (Å²) in [5, 5.41) is 26.0. The van der Waals surface area contributed by atoms with Gasteiger partial charge in [0.15, 0.2) is 0 Å². The SMILES string of the molecule is C/C(=N\NC(=O)c1ccccc1)c1cccc(/C(C)=N/NC(=O)c2ccccc2)n1.CC(=O)[O-].CC(=O)[O-].[Zn+2]. The molecule has 0 aliphatic rings. The number of carboxylic acids is 2. The van der Waals surface area contributed by atoms with Crippen LogP contribution in [0.1, 0.15) is 59.8 Å². The zero-order valence-corrected chi connectivity index (χ0v) is 25.0. The van der Waals surface area contributed by atoms with Gasteiger partial charge >= 0.3 is 19.5 Å². The van der Waals surface area contributed by atoms with Crippen LogP contribution in [-0.2, 0) is 29.1 Å². The average molecular weight is 583 g/mol. The van der Waals surface area contributed by atoms with Gasteiger partial charge < -0.3 is 19.8 Å². The molecule has 0 aliphatic carbocycles. The molecule has 39 heavy (non-hydrogen) atoms. The Bertz CT molecular complexity index is 1190. The fraction of sp³-hybridized carbons (Fsp3) is 0.148. The second-order valence-electron chi connectivity index (χ2n) is 7.40. The van der Waals surface area contributed by atoms with Gasteiger partial charge in [0.2, 0.25) is 0 Å².